The Hall–Kier alpha value is -1.67. The van der Waals surface area contributed by atoms with Gasteiger partial charge in [-0.3, -0.25) is 4.98 Å². The predicted molar refractivity (Wildman–Crippen MR) is 57.5 cm³/mol. The molecular formula is C8H12N4O3S. The van der Waals surface area contributed by atoms with Crippen molar-refractivity contribution in [3.8, 4) is 0 Å². The Labute approximate surface area is 93.0 Å². The first-order valence-corrected chi connectivity index (χ1v) is 5.90. The molecule has 0 aliphatic rings. The summed E-state index contributed by atoms with van der Waals surface area (Å²) in [5.74, 6) is -0.0334. The zero-order valence-electron chi connectivity index (χ0n) is 8.37. The SMILES string of the molecule is NC(CCNS(=O)(=O)c1cccnc1)=NO. The molecule has 0 aromatic carbocycles. The number of nitrogens with zero attached hydrogens (tertiary/aromatic N) is 2. The van der Waals surface area contributed by atoms with Crippen LogP contribution in [0.2, 0.25) is 0 Å². The summed E-state index contributed by atoms with van der Waals surface area (Å²) >= 11 is 0. The Bertz CT molecular complexity index is 457. The molecule has 0 unspecified atom stereocenters. The number of sulfonamides is 1. The quantitative estimate of drug-likeness (QED) is 0.279. The van der Waals surface area contributed by atoms with Crippen LogP contribution in [0.5, 0.6) is 0 Å². The molecule has 0 saturated heterocycles. The van der Waals surface area contributed by atoms with Gasteiger partial charge in [0, 0.05) is 25.4 Å². The fraction of sp³-hybridized carbons (Fsp3) is 0.250. The van der Waals surface area contributed by atoms with Gasteiger partial charge in [-0.15, -0.1) is 0 Å². The van der Waals surface area contributed by atoms with Crippen LogP contribution in [-0.2, 0) is 10.0 Å². The molecule has 0 aliphatic heterocycles. The van der Waals surface area contributed by atoms with E-state index < -0.39 is 10.0 Å². The number of hydrogen-bond donors (Lipinski definition) is 3. The molecular weight excluding hydrogens is 232 g/mol. The van der Waals surface area contributed by atoms with E-state index in [0.29, 0.717) is 0 Å². The van der Waals surface area contributed by atoms with E-state index in [1.54, 1.807) is 0 Å². The highest BCUT2D eigenvalue weighted by molar-refractivity contribution is 7.89. The van der Waals surface area contributed by atoms with Crippen molar-refractivity contribution >= 4 is 15.9 Å². The molecule has 1 aromatic heterocycles. The number of oxime groups is 1. The topological polar surface area (TPSA) is 118 Å². The maximum Gasteiger partial charge on any atom is 0.242 e. The standard InChI is InChI=1S/C8H12N4O3S/c9-8(12-13)3-5-11-16(14,15)7-2-1-4-10-6-7/h1-2,4,6,11,13H,3,5H2,(H2,9,12). The summed E-state index contributed by atoms with van der Waals surface area (Å²) in [4.78, 5) is 3.78. The molecule has 16 heavy (non-hydrogen) atoms. The van der Waals surface area contributed by atoms with E-state index in [-0.39, 0.29) is 23.7 Å². The van der Waals surface area contributed by atoms with Gasteiger partial charge in [-0.05, 0) is 12.1 Å². The number of hydrogen-bond acceptors (Lipinski definition) is 5. The van der Waals surface area contributed by atoms with Crippen molar-refractivity contribution in [3.05, 3.63) is 24.5 Å². The number of nitrogens with two attached hydrogens (primary N) is 1. The Morgan fingerprint density at radius 2 is 2.38 bits per heavy atom. The highest BCUT2D eigenvalue weighted by Gasteiger charge is 2.12. The Morgan fingerprint density at radius 3 is 2.94 bits per heavy atom. The van der Waals surface area contributed by atoms with Crippen molar-refractivity contribution in [1.82, 2.24) is 9.71 Å². The average Bonchev–Trinajstić information content (AvgIpc) is 2.30. The molecule has 0 spiro atoms. The first-order valence-electron chi connectivity index (χ1n) is 4.42. The molecule has 0 fully saturated rings. The lowest BCUT2D eigenvalue weighted by molar-refractivity contribution is 0.317. The molecule has 1 heterocycles. The van der Waals surface area contributed by atoms with E-state index in [0.717, 1.165) is 0 Å². The second kappa shape index (κ2) is 5.42. The monoisotopic (exact) mass is 244 g/mol. The van der Waals surface area contributed by atoms with Gasteiger partial charge in [-0.2, -0.15) is 0 Å². The highest BCUT2D eigenvalue weighted by Crippen LogP contribution is 2.04. The van der Waals surface area contributed by atoms with Crippen LogP contribution in [0.15, 0.2) is 34.6 Å². The summed E-state index contributed by atoms with van der Waals surface area (Å²) in [7, 11) is -3.57. The van der Waals surface area contributed by atoms with Crippen LogP contribution in [0.1, 0.15) is 6.42 Å². The Morgan fingerprint density at radius 1 is 1.62 bits per heavy atom. The van der Waals surface area contributed by atoms with Gasteiger partial charge in [-0.25, -0.2) is 13.1 Å². The van der Waals surface area contributed by atoms with Gasteiger partial charge in [0.2, 0.25) is 10.0 Å². The molecule has 0 saturated carbocycles. The number of rotatable bonds is 5. The van der Waals surface area contributed by atoms with Crippen molar-refractivity contribution in [3.63, 3.8) is 0 Å². The minimum Gasteiger partial charge on any atom is -0.409 e. The molecule has 4 N–H and O–H groups in total. The molecule has 7 nitrogen and oxygen atoms in total. The summed E-state index contributed by atoms with van der Waals surface area (Å²) in [5, 5.41) is 11.0. The first-order chi connectivity index (χ1) is 7.56. The molecule has 0 radical (unpaired) electrons. The third-order valence-electron chi connectivity index (χ3n) is 1.75. The number of amidine groups is 1. The van der Waals surface area contributed by atoms with Crippen LogP contribution >= 0.6 is 0 Å². The van der Waals surface area contributed by atoms with Gasteiger partial charge in [0.05, 0.1) is 0 Å². The summed E-state index contributed by atoms with van der Waals surface area (Å²) in [6, 6.07) is 2.96. The molecule has 0 amide bonds. The van der Waals surface area contributed by atoms with E-state index >= 15 is 0 Å². The second-order valence-electron chi connectivity index (χ2n) is 2.93. The summed E-state index contributed by atoms with van der Waals surface area (Å²) in [5.41, 5.74) is 5.19. The van der Waals surface area contributed by atoms with Crippen molar-refractivity contribution in [2.75, 3.05) is 6.54 Å². The number of aromatic nitrogens is 1. The van der Waals surface area contributed by atoms with Gasteiger partial charge in [0.25, 0.3) is 0 Å². The normalized spacial score (nSPS) is 12.6. The minimum absolute atomic E-state index is 0.0334. The lowest BCUT2D eigenvalue weighted by Gasteiger charge is -2.05. The molecule has 8 heteroatoms. The van der Waals surface area contributed by atoms with E-state index in [1.165, 1.54) is 24.5 Å². The molecule has 0 bridgehead atoms. The molecule has 1 aromatic rings. The van der Waals surface area contributed by atoms with Crippen LogP contribution in [0, 0.1) is 0 Å². The van der Waals surface area contributed by atoms with Crippen LogP contribution in [-0.4, -0.2) is 31.0 Å². The zero-order valence-corrected chi connectivity index (χ0v) is 9.18. The largest absolute Gasteiger partial charge is 0.409 e. The smallest absolute Gasteiger partial charge is 0.242 e. The van der Waals surface area contributed by atoms with Crippen molar-refractivity contribution in [2.45, 2.75) is 11.3 Å². The Balaban J connectivity index is 2.61. The van der Waals surface area contributed by atoms with Crippen molar-refractivity contribution in [2.24, 2.45) is 10.9 Å². The summed E-state index contributed by atoms with van der Waals surface area (Å²) in [6.07, 6.45) is 2.86. The predicted octanol–water partition coefficient (Wildman–Crippen LogP) is -0.504. The average molecular weight is 244 g/mol. The van der Waals surface area contributed by atoms with Gasteiger partial charge < -0.3 is 10.9 Å². The van der Waals surface area contributed by atoms with Crippen LogP contribution in [0.4, 0.5) is 0 Å². The number of pyridine rings is 1. The third-order valence-corrected chi connectivity index (χ3v) is 3.19. The van der Waals surface area contributed by atoms with E-state index in [4.69, 9.17) is 10.9 Å². The second-order valence-corrected chi connectivity index (χ2v) is 4.69. The van der Waals surface area contributed by atoms with Crippen LogP contribution in [0.25, 0.3) is 0 Å². The van der Waals surface area contributed by atoms with Gasteiger partial charge in [0.15, 0.2) is 0 Å². The Kier molecular flexibility index (Phi) is 4.20. The van der Waals surface area contributed by atoms with Gasteiger partial charge in [0.1, 0.15) is 10.7 Å². The van der Waals surface area contributed by atoms with Crippen molar-refractivity contribution in [1.29, 1.82) is 0 Å². The fourth-order valence-electron chi connectivity index (χ4n) is 0.953. The summed E-state index contributed by atoms with van der Waals surface area (Å²) in [6.45, 7) is 0.0626. The van der Waals surface area contributed by atoms with Crippen molar-refractivity contribution < 1.29 is 13.6 Å². The van der Waals surface area contributed by atoms with Crippen LogP contribution < -0.4 is 10.5 Å². The van der Waals surface area contributed by atoms with E-state index in [2.05, 4.69) is 14.9 Å². The fourth-order valence-corrected chi connectivity index (χ4v) is 1.95. The number of nitrogens with one attached hydrogen (secondary N) is 1. The first kappa shape index (κ1) is 12.4. The third kappa shape index (κ3) is 3.48. The molecule has 88 valence electrons. The van der Waals surface area contributed by atoms with E-state index in [9.17, 15) is 8.42 Å². The zero-order chi connectivity index (χ0) is 12.0. The maximum atomic E-state index is 11.6. The lowest BCUT2D eigenvalue weighted by atomic mass is 10.4. The molecule has 0 aliphatic carbocycles. The molecule has 0 atom stereocenters. The minimum atomic E-state index is -3.57. The van der Waals surface area contributed by atoms with Gasteiger partial charge in [-0.1, -0.05) is 5.16 Å². The lowest BCUT2D eigenvalue weighted by Crippen LogP contribution is -2.28. The van der Waals surface area contributed by atoms with Crippen LogP contribution in [0.3, 0.4) is 0 Å². The van der Waals surface area contributed by atoms with Gasteiger partial charge >= 0.3 is 0 Å². The summed E-state index contributed by atoms with van der Waals surface area (Å²) < 4.78 is 25.5. The highest BCUT2D eigenvalue weighted by atomic mass is 32.2. The molecule has 1 rings (SSSR count). The van der Waals surface area contributed by atoms with E-state index in [1.807, 2.05) is 0 Å². The maximum absolute atomic E-state index is 11.6.